The summed E-state index contributed by atoms with van der Waals surface area (Å²) >= 11 is 0.824. The van der Waals surface area contributed by atoms with Gasteiger partial charge in [-0.3, -0.25) is 9.59 Å². The van der Waals surface area contributed by atoms with Crippen LogP contribution in [0, 0.1) is 13.8 Å². The number of carbonyl (C=O) groups is 2. The summed E-state index contributed by atoms with van der Waals surface area (Å²) in [5.74, 6) is -1.24. The number of sulfone groups is 1. The Morgan fingerprint density at radius 3 is 2.18 bits per heavy atom. The lowest BCUT2D eigenvalue weighted by Gasteiger charge is -2.07. The molecule has 1 heterocycles. The number of aryl methyl sites for hydroxylation is 1. The van der Waals surface area contributed by atoms with E-state index in [9.17, 15) is 18.0 Å². The van der Waals surface area contributed by atoms with E-state index in [1.807, 2.05) is 0 Å². The van der Waals surface area contributed by atoms with Gasteiger partial charge >= 0.3 is 0 Å². The summed E-state index contributed by atoms with van der Waals surface area (Å²) in [6.07, 6.45) is 0. The molecule has 144 valence electrons. The van der Waals surface area contributed by atoms with Crippen LogP contribution in [0.2, 0.25) is 0 Å². The molecule has 1 aromatic heterocycles. The third kappa shape index (κ3) is 3.56. The van der Waals surface area contributed by atoms with Gasteiger partial charge in [-0.2, -0.15) is 0 Å². The van der Waals surface area contributed by atoms with E-state index in [0.29, 0.717) is 5.56 Å². The van der Waals surface area contributed by atoms with Crippen molar-refractivity contribution < 1.29 is 18.0 Å². The minimum atomic E-state index is -3.85. The number of rotatable bonds is 5. The Balaban J connectivity index is 2.09. The fourth-order valence-corrected chi connectivity index (χ4v) is 5.99. The average molecular weight is 415 g/mol. The van der Waals surface area contributed by atoms with Gasteiger partial charge in [0.05, 0.1) is 10.5 Å². The maximum absolute atomic E-state index is 13.0. The molecule has 0 aliphatic carbocycles. The van der Waals surface area contributed by atoms with Crippen LogP contribution >= 0.6 is 11.3 Å². The molecule has 3 aromatic rings. The summed E-state index contributed by atoms with van der Waals surface area (Å²) in [4.78, 5) is 24.7. The van der Waals surface area contributed by atoms with Crippen LogP contribution in [0.1, 0.15) is 31.8 Å². The first kappa shape index (κ1) is 19.8. The van der Waals surface area contributed by atoms with E-state index in [4.69, 9.17) is 5.73 Å². The fraction of sp³-hybridized carbons (Fsp3) is 0.100. The van der Waals surface area contributed by atoms with Crippen LogP contribution in [-0.4, -0.2) is 20.2 Å². The summed E-state index contributed by atoms with van der Waals surface area (Å²) in [5.41, 5.74) is 6.88. The average Bonchev–Trinajstić information content (AvgIpc) is 2.99. The molecular weight excluding hydrogens is 396 g/mol. The number of hydrogen-bond donors (Lipinski definition) is 2. The quantitative estimate of drug-likeness (QED) is 0.666. The molecule has 28 heavy (non-hydrogen) atoms. The molecule has 6 nitrogen and oxygen atoms in total. The molecule has 0 spiro atoms. The maximum atomic E-state index is 13.0. The van der Waals surface area contributed by atoms with Crippen molar-refractivity contribution in [2.75, 3.05) is 5.32 Å². The van der Waals surface area contributed by atoms with Crippen molar-refractivity contribution in [1.82, 2.24) is 0 Å². The number of carbonyl (C=O) groups excluding carboxylic acids is 2. The smallest absolute Gasteiger partial charge is 0.256 e. The third-order valence-electron chi connectivity index (χ3n) is 4.26. The highest BCUT2D eigenvalue weighted by atomic mass is 32.2. The molecule has 2 aromatic carbocycles. The lowest BCUT2D eigenvalue weighted by atomic mass is 10.1. The number of thiophene rings is 1. The second-order valence-electron chi connectivity index (χ2n) is 6.17. The second-order valence-corrected chi connectivity index (χ2v) is 9.33. The summed E-state index contributed by atoms with van der Waals surface area (Å²) in [6.45, 7) is 3.30. The molecule has 0 unspecified atom stereocenters. The van der Waals surface area contributed by atoms with E-state index in [2.05, 4.69) is 5.32 Å². The zero-order valence-electron chi connectivity index (χ0n) is 15.2. The van der Waals surface area contributed by atoms with Gasteiger partial charge in [-0.25, -0.2) is 8.42 Å². The largest absolute Gasteiger partial charge is 0.365 e. The molecule has 3 N–H and O–H groups in total. The first-order chi connectivity index (χ1) is 13.2. The van der Waals surface area contributed by atoms with Crippen molar-refractivity contribution >= 4 is 38.0 Å². The molecule has 3 rings (SSSR count). The van der Waals surface area contributed by atoms with Crippen molar-refractivity contribution in [3.05, 3.63) is 76.9 Å². The standard InChI is InChI=1S/C20H18N2O4S2/c1-12-8-6-7-11-15(12)18(24)22-19-16(17(21)23)13(2)20(27-19)28(25,26)14-9-4-3-5-10-14/h3-11H,1-2H3,(H2,21,23)(H,22,24). The molecular formula is C20H18N2O4S2. The Kier molecular flexibility index (Phi) is 5.35. The first-order valence-electron chi connectivity index (χ1n) is 8.33. The molecule has 0 saturated carbocycles. The van der Waals surface area contributed by atoms with Crippen molar-refractivity contribution in [2.45, 2.75) is 23.0 Å². The Morgan fingerprint density at radius 1 is 0.964 bits per heavy atom. The molecule has 0 saturated heterocycles. The summed E-state index contributed by atoms with van der Waals surface area (Å²) in [7, 11) is -3.85. The lowest BCUT2D eigenvalue weighted by Crippen LogP contribution is -2.18. The van der Waals surface area contributed by atoms with Gasteiger partial charge in [0.1, 0.15) is 9.21 Å². The van der Waals surface area contributed by atoms with Gasteiger partial charge in [-0.15, -0.1) is 11.3 Å². The van der Waals surface area contributed by atoms with E-state index in [-0.39, 0.29) is 25.2 Å². The summed E-state index contributed by atoms with van der Waals surface area (Å²) in [6, 6.07) is 14.9. The fourth-order valence-electron chi connectivity index (χ4n) is 2.84. The van der Waals surface area contributed by atoms with E-state index < -0.39 is 21.7 Å². The number of anilines is 1. The first-order valence-corrected chi connectivity index (χ1v) is 10.6. The SMILES string of the molecule is Cc1ccccc1C(=O)Nc1sc(S(=O)(=O)c2ccccc2)c(C)c1C(N)=O. The number of hydrogen-bond acceptors (Lipinski definition) is 5. The van der Waals surface area contributed by atoms with Crippen LogP contribution < -0.4 is 11.1 Å². The molecule has 0 aliphatic heterocycles. The molecule has 0 radical (unpaired) electrons. The Bertz CT molecular complexity index is 1170. The van der Waals surface area contributed by atoms with Gasteiger partial charge in [-0.05, 0) is 43.2 Å². The highest BCUT2D eigenvalue weighted by Crippen LogP contribution is 2.39. The maximum Gasteiger partial charge on any atom is 0.256 e. The normalized spacial score (nSPS) is 11.2. The minimum absolute atomic E-state index is 0.00133. The lowest BCUT2D eigenvalue weighted by molar-refractivity contribution is 0.100. The van der Waals surface area contributed by atoms with E-state index in [1.54, 1.807) is 49.4 Å². The summed E-state index contributed by atoms with van der Waals surface area (Å²) in [5, 5.41) is 2.77. The molecule has 0 fully saturated rings. The van der Waals surface area contributed by atoms with E-state index >= 15 is 0 Å². The number of nitrogens with two attached hydrogens (primary N) is 1. The number of benzene rings is 2. The Morgan fingerprint density at radius 2 is 1.57 bits per heavy atom. The number of primary amides is 1. The second kappa shape index (κ2) is 7.57. The predicted octanol–water partition coefficient (Wildman–Crippen LogP) is 3.55. The van der Waals surface area contributed by atoms with Gasteiger partial charge in [-0.1, -0.05) is 36.4 Å². The van der Waals surface area contributed by atoms with Gasteiger partial charge in [0, 0.05) is 5.56 Å². The van der Waals surface area contributed by atoms with Crippen molar-refractivity contribution in [3.63, 3.8) is 0 Å². The highest BCUT2D eigenvalue weighted by Gasteiger charge is 2.29. The predicted molar refractivity (Wildman–Crippen MR) is 109 cm³/mol. The van der Waals surface area contributed by atoms with Gasteiger partial charge in [0.2, 0.25) is 9.84 Å². The third-order valence-corrected chi connectivity index (χ3v) is 7.86. The molecule has 0 atom stereocenters. The van der Waals surface area contributed by atoms with Gasteiger partial charge in [0.25, 0.3) is 11.8 Å². The van der Waals surface area contributed by atoms with Gasteiger partial charge < -0.3 is 11.1 Å². The molecule has 0 aliphatic rings. The van der Waals surface area contributed by atoms with Crippen LogP contribution in [0.15, 0.2) is 63.7 Å². The zero-order valence-corrected chi connectivity index (χ0v) is 16.9. The minimum Gasteiger partial charge on any atom is -0.365 e. The Labute approximate surface area is 166 Å². The number of amides is 2. The van der Waals surface area contributed by atoms with Crippen molar-refractivity contribution in [2.24, 2.45) is 5.73 Å². The monoisotopic (exact) mass is 414 g/mol. The highest BCUT2D eigenvalue weighted by molar-refractivity contribution is 7.93. The van der Waals surface area contributed by atoms with Crippen LogP contribution in [0.25, 0.3) is 0 Å². The van der Waals surface area contributed by atoms with Crippen LogP contribution in [0.3, 0.4) is 0 Å². The van der Waals surface area contributed by atoms with Crippen molar-refractivity contribution in [1.29, 1.82) is 0 Å². The zero-order chi connectivity index (χ0) is 20.5. The molecule has 0 bridgehead atoms. The van der Waals surface area contributed by atoms with E-state index in [1.165, 1.54) is 19.1 Å². The molecule has 8 heteroatoms. The molecule has 2 amide bonds. The van der Waals surface area contributed by atoms with Crippen LogP contribution in [-0.2, 0) is 9.84 Å². The van der Waals surface area contributed by atoms with Crippen LogP contribution in [0.4, 0.5) is 5.00 Å². The topological polar surface area (TPSA) is 106 Å². The Hall–Kier alpha value is -2.97. The van der Waals surface area contributed by atoms with Crippen molar-refractivity contribution in [3.8, 4) is 0 Å². The van der Waals surface area contributed by atoms with Gasteiger partial charge in [0.15, 0.2) is 0 Å². The number of nitrogens with one attached hydrogen (secondary N) is 1. The van der Waals surface area contributed by atoms with Crippen LogP contribution in [0.5, 0.6) is 0 Å². The summed E-state index contributed by atoms with van der Waals surface area (Å²) < 4.78 is 26.0. The van der Waals surface area contributed by atoms with E-state index in [0.717, 1.165) is 16.9 Å².